The summed E-state index contributed by atoms with van der Waals surface area (Å²) in [6, 6.07) is 9.26. The van der Waals surface area contributed by atoms with Crippen molar-refractivity contribution in [2.24, 2.45) is 5.92 Å². The van der Waals surface area contributed by atoms with Crippen molar-refractivity contribution >= 4 is 5.78 Å². The van der Waals surface area contributed by atoms with Crippen LogP contribution in [0.4, 0.5) is 0 Å². The minimum absolute atomic E-state index is 0.0532. The van der Waals surface area contributed by atoms with Crippen LogP contribution in [0.25, 0.3) is 0 Å². The lowest BCUT2D eigenvalue weighted by Crippen LogP contribution is -1.95. The molecule has 0 bridgehead atoms. The van der Waals surface area contributed by atoms with E-state index in [-0.39, 0.29) is 5.78 Å². The van der Waals surface area contributed by atoms with Crippen LogP contribution in [0, 0.1) is 17.8 Å². The molecule has 1 aromatic carbocycles. The molecule has 0 heterocycles. The van der Waals surface area contributed by atoms with Crippen molar-refractivity contribution in [3.8, 4) is 11.8 Å². The van der Waals surface area contributed by atoms with Gasteiger partial charge in [-0.1, -0.05) is 49.1 Å². The molecule has 0 N–H and O–H groups in total. The maximum absolute atomic E-state index is 11.6. The highest BCUT2D eigenvalue weighted by Crippen LogP contribution is 2.23. The van der Waals surface area contributed by atoms with Crippen molar-refractivity contribution in [3.05, 3.63) is 35.9 Å². The molecule has 2 rings (SSSR count). The number of hydrogen-bond acceptors (Lipinski definition) is 1. The van der Waals surface area contributed by atoms with E-state index in [2.05, 4.69) is 11.8 Å². The van der Waals surface area contributed by atoms with Crippen molar-refractivity contribution in [1.82, 2.24) is 0 Å². The Kier molecular flexibility index (Phi) is 3.19. The highest BCUT2D eigenvalue weighted by atomic mass is 16.1. The van der Waals surface area contributed by atoms with Gasteiger partial charge in [-0.05, 0) is 18.8 Å². The van der Waals surface area contributed by atoms with Crippen molar-refractivity contribution in [2.75, 3.05) is 0 Å². The zero-order valence-corrected chi connectivity index (χ0v) is 8.70. The SMILES string of the molecule is O=C(C#CC1CCCC1)c1ccccc1. The van der Waals surface area contributed by atoms with Gasteiger partial charge in [0, 0.05) is 11.5 Å². The lowest BCUT2D eigenvalue weighted by atomic mass is 10.1. The monoisotopic (exact) mass is 198 g/mol. The molecule has 0 aromatic heterocycles. The van der Waals surface area contributed by atoms with Crippen LogP contribution in [0.2, 0.25) is 0 Å². The predicted octanol–water partition coefficient (Wildman–Crippen LogP) is 3.06. The summed E-state index contributed by atoms with van der Waals surface area (Å²) in [7, 11) is 0. The van der Waals surface area contributed by atoms with Crippen LogP contribution in [0.1, 0.15) is 36.0 Å². The summed E-state index contributed by atoms with van der Waals surface area (Å²) >= 11 is 0. The molecule has 1 aliphatic carbocycles. The second-order valence-corrected chi connectivity index (χ2v) is 3.95. The van der Waals surface area contributed by atoms with Gasteiger partial charge in [-0.25, -0.2) is 0 Å². The van der Waals surface area contributed by atoms with Gasteiger partial charge in [0.15, 0.2) is 0 Å². The van der Waals surface area contributed by atoms with Gasteiger partial charge in [0.05, 0.1) is 0 Å². The van der Waals surface area contributed by atoms with Crippen LogP contribution < -0.4 is 0 Å². The van der Waals surface area contributed by atoms with E-state index in [0.717, 1.165) is 12.8 Å². The van der Waals surface area contributed by atoms with Gasteiger partial charge in [0.25, 0.3) is 0 Å². The lowest BCUT2D eigenvalue weighted by Gasteiger charge is -1.95. The van der Waals surface area contributed by atoms with Crippen molar-refractivity contribution in [1.29, 1.82) is 0 Å². The third-order valence-electron chi connectivity index (χ3n) is 2.78. The average Bonchev–Trinajstić information content (AvgIpc) is 2.80. The minimum Gasteiger partial charge on any atom is -0.279 e. The molecule has 1 nitrogen and oxygen atoms in total. The first kappa shape index (κ1) is 9.98. The largest absolute Gasteiger partial charge is 0.279 e. The van der Waals surface area contributed by atoms with Crippen molar-refractivity contribution in [2.45, 2.75) is 25.7 Å². The van der Waals surface area contributed by atoms with Crippen molar-refractivity contribution < 1.29 is 4.79 Å². The number of carbonyl (C=O) groups excluding carboxylic acids is 1. The molecule has 1 saturated carbocycles. The molecule has 0 unspecified atom stereocenters. The summed E-state index contributed by atoms with van der Waals surface area (Å²) in [5, 5.41) is 0. The molecule has 0 radical (unpaired) electrons. The second-order valence-electron chi connectivity index (χ2n) is 3.95. The number of Topliss-reactive ketones (excluding diaryl/α,β-unsaturated/α-hetero) is 1. The lowest BCUT2D eigenvalue weighted by molar-refractivity contribution is 0.105. The molecule has 0 aliphatic heterocycles. The predicted molar refractivity (Wildman–Crippen MR) is 60.5 cm³/mol. The molecule has 0 saturated heterocycles. The van der Waals surface area contributed by atoms with E-state index < -0.39 is 0 Å². The van der Waals surface area contributed by atoms with Crippen LogP contribution >= 0.6 is 0 Å². The maximum Gasteiger partial charge on any atom is 0.235 e. The molecule has 0 amide bonds. The Morgan fingerprint density at radius 3 is 2.47 bits per heavy atom. The molecule has 1 aromatic rings. The topological polar surface area (TPSA) is 17.1 Å². The normalized spacial score (nSPS) is 15.7. The molecule has 1 heteroatoms. The van der Waals surface area contributed by atoms with Gasteiger partial charge in [0.1, 0.15) is 0 Å². The quantitative estimate of drug-likeness (QED) is 0.385. The van der Waals surface area contributed by atoms with E-state index in [4.69, 9.17) is 0 Å². The Balaban J connectivity index is 2.03. The first-order valence-corrected chi connectivity index (χ1v) is 5.47. The Labute approximate surface area is 90.5 Å². The third-order valence-corrected chi connectivity index (χ3v) is 2.78. The van der Waals surface area contributed by atoms with E-state index in [1.54, 1.807) is 0 Å². The summed E-state index contributed by atoms with van der Waals surface area (Å²) in [4.78, 5) is 11.6. The van der Waals surface area contributed by atoms with E-state index >= 15 is 0 Å². The molecule has 1 aliphatic rings. The Morgan fingerprint density at radius 2 is 1.80 bits per heavy atom. The third kappa shape index (κ3) is 2.70. The van der Waals surface area contributed by atoms with Gasteiger partial charge < -0.3 is 0 Å². The first-order chi connectivity index (χ1) is 7.36. The molecule has 0 spiro atoms. The summed E-state index contributed by atoms with van der Waals surface area (Å²) < 4.78 is 0. The Bertz CT molecular complexity index is 388. The van der Waals surface area contributed by atoms with Gasteiger partial charge in [-0.15, -0.1) is 0 Å². The van der Waals surface area contributed by atoms with Gasteiger partial charge >= 0.3 is 0 Å². The summed E-state index contributed by atoms with van der Waals surface area (Å²) in [5.74, 6) is 6.24. The van der Waals surface area contributed by atoms with Crippen LogP contribution in [0.15, 0.2) is 30.3 Å². The number of carbonyl (C=O) groups is 1. The molecule has 0 atom stereocenters. The van der Waals surface area contributed by atoms with Gasteiger partial charge in [-0.2, -0.15) is 0 Å². The van der Waals surface area contributed by atoms with E-state index in [0.29, 0.717) is 11.5 Å². The van der Waals surface area contributed by atoms with Crippen LogP contribution in [-0.2, 0) is 0 Å². The van der Waals surface area contributed by atoms with Crippen LogP contribution in [-0.4, -0.2) is 5.78 Å². The number of benzene rings is 1. The van der Waals surface area contributed by atoms with E-state index in [1.165, 1.54) is 12.8 Å². The number of rotatable bonds is 1. The summed E-state index contributed by atoms with van der Waals surface area (Å²) in [6.45, 7) is 0. The minimum atomic E-state index is -0.0532. The average molecular weight is 198 g/mol. The Morgan fingerprint density at radius 1 is 1.13 bits per heavy atom. The first-order valence-electron chi connectivity index (χ1n) is 5.47. The number of ketones is 1. The molecule has 15 heavy (non-hydrogen) atoms. The smallest absolute Gasteiger partial charge is 0.235 e. The summed E-state index contributed by atoms with van der Waals surface area (Å²) in [6.07, 6.45) is 4.85. The zero-order chi connectivity index (χ0) is 10.5. The maximum atomic E-state index is 11.6. The van der Waals surface area contributed by atoms with Crippen LogP contribution in [0.5, 0.6) is 0 Å². The molecular weight excluding hydrogens is 184 g/mol. The zero-order valence-electron chi connectivity index (χ0n) is 8.70. The fourth-order valence-electron chi connectivity index (χ4n) is 1.90. The fraction of sp³-hybridized carbons (Fsp3) is 0.357. The fourth-order valence-corrected chi connectivity index (χ4v) is 1.90. The Hall–Kier alpha value is -1.55. The molecule has 76 valence electrons. The van der Waals surface area contributed by atoms with Gasteiger partial charge in [0.2, 0.25) is 5.78 Å². The standard InChI is InChI=1S/C14H14O/c15-14(13-8-2-1-3-9-13)11-10-12-6-4-5-7-12/h1-3,8-9,12H,4-7H2. The highest BCUT2D eigenvalue weighted by Gasteiger charge is 2.12. The highest BCUT2D eigenvalue weighted by molar-refractivity contribution is 6.08. The number of hydrogen-bond donors (Lipinski definition) is 0. The van der Waals surface area contributed by atoms with Gasteiger partial charge in [-0.3, -0.25) is 4.79 Å². The van der Waals surface area contributed by atoms with Crippen LogP contribution in [0.3, 0.4) is 0 Å². The van der Waals surface area contributed by atoms with E-state index in [1.807, 2.05) is 30.3 Å². The van der Waals surface area contributed by atoms with Crippen molar-refractivity contribution in [3.63, 3.8) is 0 Å². The summed E-state index contributed by atoms with van der Waals surface area (Å²) in [5.41, 5.74) is 0.697. The van der Waals surface area contributed by atoms with E-state index in [9.17, 15) is 4.79 Å². The molecular formula is C14H14O. The second kappa shape index (κ2) is 4.79. The molecule has 1 fully saturated rings.